The lowest BCUT2D eigenvalue weighted by Crippen LogP contribution is -2.47. The van der Waals surface area contributed by atoms with Gasteiger partial charge in [-0.15, -0.1) is 0 Å². The summed E-state index contributed by atoms with van der Waals surface area (Å²) >= 11 is 4.96. The lowest BCUT2D eigenvalue weighted by Gasteiger charge is -2.23. The molecule has 4 N–H and O–H groups in total. The Morgan fingerprint density at radius 1 is 1.77 bits per heavy atom. The third-order valence-electron chi connectivity index (χ3n) is 2.08. The Kier molecular flexibility index (Phi) is 3.05. The van der Waals surface area contributed by atoms with Crippen molar-refractivity contribution >= 4 is 23.2 Å². The number of aliphatic hydroxyl groups excluding tert-OH is 1. The van der Waals surface area contributed by atoms with Gasteiger partial charge < -0.3 is 21.1 Å². The van der Waals surface area contributed by atoms with Crippen molar-refractivity contribution in [1.82, 2.24) is 10.2 Å². The number of nitrogens with one attached hydrogen (secondary N) is 1. The van der Waals surface area contributed by atoms with Crippen LogP contribution in [0.2, 0.25) is 0 Å². The van der Waals surface area contributed by atoms with Gasteiger partial charge in [0, 0.05) is 20.0 Å². The maximum atomic E-state index is 11.0. The number of β-amino-alcohol motifs (C(OH)–C–C–N with tert-alkyl or cyclic N) is 1. The second-order valence-corrected chi connectivity index (χ2v) is 3.40. The van der Waals surface area contributed by atoms with E-state index in [1.54, 1.807) is 11.9 Å². The minimum absolute atomic E-state index is 0.358. The number of carbonyl (C=O) groups is 1. The number of hydrogen-bond acceptors (Lipinski definition) is 3. The monoisotopic (exact) mass is 203 g/mol. The first kappa shape index (κ1) is 10.2. The number of primary amides is 1. The first-order valence-corrected chi connectivity index (χ1v) is 4.42. The molecule has 1 amide bonds. The summed E-state index contributed by atoms with van der Waals surface area (Å²) < 4.78 is 0. The van der Waals surface area contributed by atoms with Gasteiger partial charge in [0.25, 0.3) is 0 Å². The van der Waals surface area contributed by atoms with Gasteiger partial charge in [-0.05, 0) is 12.2 Å². The zero-order chi connectivity index (χ0) is 10.0. The summed E-state index contributed by atoms with van der Waals surface area (Å²) in [5.74, 6) is -0.450. The van der Waals surface area contributed by atoms with Crippen molar-refractivity contribution in [3.63, 3.8) is 0 Å². The van der Waals surface area contributed by atoms with Crippen molar-refractivity contribution in [3.05, 3.63) is 0 Å². The Balaban J connectivity index is 2.71. The number of carbonyl (C=O) groups excluding carboxylic acids is 1. The Labute approximate surface area is 81.9 Å². The van der Waals surface area contributed by atoms with Crippen LogP contribution in [0.15, 0.2) is 0 Å². The molecule has 1 aliphatic rings. The summed E-state index contributed by atoms with van der Waals surface area (Å²) in [7, 11) is 1.67. The average Bonchev–Trinajstić information content (AvgIpc) is 2.46. The normalized spacial score (nSPS) is 27.4. The molecule has 2 atom stereocenters. The van der Waals surface area contributed by atoms with E-state index in [-0.39, 0.29) is 0 Å². The quantitative estimate of drug-likeness (QED) is 0.448. The molecule has 1 heterocycles. The third kappa shape index (κ3) is 2.07. The maximum Gasteiger partial charge on any atom is 0.240 e. The SMILES string of the molecule is CNC(=S)N1CC(O)CC1C(N)=O. The van der Waals surface area contributed by atoms with Crippen LogP contribution >= 0.6 is 12.2 Å². The molecule has 0 bridgehead atoms. The molecule has 0 aliphatic carbocycles. The van der Waals surface area contributed by atoms with Gasteiger partial charge in [0.05, 0.1) is 6.10 Å². The highest BCUT2D eigenvalue weighted by atomic mass is 32.1. The van der Waals surface area contributed by atoms with Crippen LogP contribution in [0.4, 0.5) is 0 Å². The van der Waals surface area contributed by atoms with E-state index in [1.165, 1.54) is 0 Å². The van der Waals surface area contributed by atoms with Gasteiger partial charge in [-0.1, -0.05) is 0 Å². The topological polar surface area (TPSA) is 78.6 Å². The largest absolute Gasteiger partial charge is 0.391 e. The van der Waals surface area contributed by atoms with E-state index < -0.39 is 18.1 Å². The van der Waals surface area contributed by atoms with Crippen LogP contribution in [-0.2, 0) is 4.79 Å². The predicted octanol–water partition coefficient (Wildman–Crippen LogP) is -1.59. The standard InChI is InChI=1S/C7H13N3O2S/c1-9-7(13)10-3-4(11)2-5(10)6(8)12/h4-5,11H,2-3H2,1H3,(H2,8,12)(H,9,13). The van der Waals surface area contributed by atoms with Gasteiger partial charge in [0.1, 0.15) is 6.04 Å². The molecular formula is C7H13N3O2S. The Bertz CT molecular complexity index is 234. The summed E-state index contributed by atoms with van der Waals surface area (Å²) in [4.78, 5) is 12.6. The zero-order valence-electron chi connectivity index (χ0n) is 7.36. The molecule has 0 saturated carbocycles. The molecule has 1 fully saturated rings. The molecule has 0 aromatic carbocycles. The van der Waals surface area contributed by atoms with Crippen LogP contribution in [0.5, 0.6) is 0 Å². The Hall–Kier alpha value is -0.880. The van der Waals surface area contributed by atoms with Gasteiger partial charge in [-0.3, -0.25) is 4.79 Å². The van der Waals surface area contributed by atoms with E-state index in [0.29, 0.717) is 18.1 Å². The number of nitrogens with two attached hydrogens (primary N) is 1. The molecule has 6 heteroatoms. The molecule has 1 saturated heterocycles. The van der Waals surface area contributed by atoms with Crippen molar-refractivity contribution in [2.75, 3.05) is 13.6 Å². The van der Waals surface area contributed by atoms with Gasteiger partial charge in [-0.2, -0.15) is 0 Å². The smallest absolute Gasteiger partial charge is 0.240 e. The van der Waals surface area contributed by atoms with Crippen LogP contribution in [0, 0.1) is 0 Å². The van der Waals surface area contributed by atoms with Gasteiger partial charge in [0.2, 0.25) is 5.91 Å². The number of nitrogens with zero attached hydrogens (tertiary/aromatic N) is 1. The molecule has 0 aromatic heterocycles. The highest BCUT2D eigenvalue weighted by Crippen LogP contribution is 2.17. The molecule has 13 heavy (non-hydrogen) atoms. The summed E-state index contributed by atoms with van der Waals surface area (Å²) in [5.41, 5.74) is 5.16. The van der Waals surface area contributed by atoms with Crippen molar-refractivity contribution < 1.29 is 9.90 Å². The van der Waals surface area contributed by atoms with Crippen LogP contribution in [0.25, 0.3) is 0 Å². The lowest BCUT2D eigenvalue weighted by atomic mass is 10.2. The molecule has 1 rings (SSSR count). The second kappa shape index (κ2) is 3.89. The second-order valence-electron chi connectivity index (χ2n) is 3.02. The van der Waals surface area contributed by atoms with Gasteiger partial charge >= 0.3 is 0 Å². The number of aliphatic hydroxyl groups is 1. The van der Waals surface area contributed by atoms with Crippen molar-refractivity contribution in [2.45, 2.75) is 18.6 Å². The van der Waals surface area contributed by atoms with E-state index >= 15 is 0 Å². The minimum atomic E-state index is -0.524. The number of likely N-dealkylation sites (tertiary alicyclic amines) is 1. The summed E-state index contributed by atoms with van der Waals surface area (Å²) in [6, 6.07) is -0.477. The summed E-state index contributed by atoms with van der Waals surface area (Å²) in [6.45, 7) is 0.368. The van der Waals surface area contributed by atoms with E-state index in [9.17, 15) is 9.90 Å². The van der Waals surface area contributed by atoms with E-state index in [4.69, 9.17) is 18.0 Å². The minimum Gasteiger partial charge on any atom is -0.391 e. The van der Waals surface area contributed by atoms with Crippen molar-refractivity contribution in [3.8, 4) is 0 Å². The molecule has 0 aromatic rings. The molecule has 2 unspecified atom stereocenters. The summed E-state index contributed by atoms with van der Waals surface area (Å²) in [5, 5.41) is 12.5. The fourth-order valence-corrected chi connectivity index (χ4v) is 1.65. The molecular weight excluding hydrogens is 190 g/mol. The number of amides is 1. The third-order valence-corrected chi connectivity index (χ3v) is 2.52. The fourth-order valence-electron chi connectivity index (χ4n) is 1.45. The van der Waals surface area contributed by atoms with Gasteiger partial charge in [0.15, 0.2) is 5.11 Å². The van der Waals surface area contributed by atoms with Crippen LogP contribution in [0.3, 0.4) is 0 Å². The van der Waals surface area contributed by atoms with E-state index in [0.717, 1.165) is 0 Å². The summed E-state index contributed by atoms with van der Waals surface area (Å²) in [6.07, 6.45) is -0.166. The van der Waals surface area contributed by atoms with Crippen LogP contribution < -0.4 is 11.1 Å². The highest BCUT2D eigenvalue weighted by molar-refractivity contribution is 7.80. The molecule has 0 radical (unpaired) electrons. The molecule has 0 spiro atoms. The van der Waals surface area contributed by atoms with Crippen LogP contribution in [0.1, 0.15) is 6.42 Å². The molecule has 5 nitrogen and oxygen atoms in total. The number of hydrogen-bond donors (Lipinski definition) is 3. The first-order valence-electron chi connectivity index (χ1n) is 4.02. The van der Waals surface area contributed by atoms with Crippen molar-refractivity contribution in [1.29, 1.82) is 0 Å². The Morgan fingerprint density at radius 2 is 2.38 bits per heavy atom. The molecule has 74 valence electrons. The average molecular weight is 203 g/mol. The van der Waals surface area contributed by atoms with E-state index in [2.05, 4.69) is 5.32 Å². The predicted molar refractivity (Wildman–Crippen MR) is 52.0 cm³/mol. The number of rotatable bonds is 1. The van der Waals surface area contributed by atoms with Gasteiger partial charge in [-0.25, -0.2) is 0 Å². The lowest BCUT2D eigenvalue weighted by molar-refractivity contribution is -0.121. The fraction of sp³-hybridized carbons (Fsp3) is 0.714. The maximum absolute atomic E-state index is 11.0. The number of thiocarbonyl (C=S) groups is 1. The van der Waals surface area contributed by atoms with Crippen LogP contribution in [-0.4, -0.2) is 46.8 Å². The van der Waals surface area contributed by atoms with Crippen molar-refractivity contribution in [2.24, 2.45) is 5.73 Å². The highest BCUT2D eigenvalue weighted by Gasteiger charge is 2.35. The zero-order valence-corrected chi connectivity index (χ0v) is 8.17. The molecule has 1 aliphatic heterocycles. The van der Waals surface area contributed by atoms with E-state index in [1.807, 2.05) is 0 Å². The first-order chi connectivity index (χ1) is 6.06. The Morgan fingerprint density at radius 3 is 2.85 bits per heavy atom.